The van der Waals surface area contributed by atoms with Gasteiger partial charge in [0.15, 0.2) is 5.82 Å². The van der Waals surface area contributed by atoms with E-state index < -0.39 is 0 Å². The van der Waals surface area contributed by atoms with Crippen LogP contribution in [0, 0.1) is 5.82 Å². The van der Waals surface area contributed by atoms with Gasteiger partial charge in [0, 0.05) is 55.5 Å². The van der Waals surface area contributed by atoms with Crippen LogP contribution >= 0.6 is 0 Å². The summed E-state index contributed by atoms with van der Waals surface area (Å²) >= 11 is 0. The lowest BCUT2D eigenvalue weighted by Crippen LogP contribution is -2.49. The van der Waals surface area contributed by atoms with Crippen LogP contribution in [-0.2, 0) is 0 Å². The highest BCUT2D eigenvalue weighted by Gasteiger charge is 2.25. The average Bonchev–Trinajstić information content (AvgIpc) is 3.10. The minimum Gasteiger partial charge on any atom is -0.380 e. The molecule has 0 radical (unpaired) electrons. The molecule has 1 saturated heterocycles. The van der Waals surface area contributed by atoms with Gasteiger partial charge in [-0.05, 0) is 44.2 Å². The smallest absolute Gasteiger partial charge is 0.256 e. The number of rotatable bonds is 4. The second-order valence-corrected chi connectivity index (χ2v) is 7.35. The van der Waals surface area contributed by atoms with Gasteiger partial charge >= 0.3 is 0 Å². The van der Waals surface area contributed by atoms with Crippen LogP contribution in [0.2, 0.25) is 0 Å². The predicted molar refractivity (Wildman–Crippen MR) is 109 cm³/mol. The number of amides is 1. The van der Waals surface area contributed by atoms with Crippen LogP contribution in [0.5, 0.6) is 0 Å². The number of anilines is 2. The van der Waals surface area contributed by atoms with Gasteiger partial charge in [-0.1, -0.05) is 0 Å². The van der Waals surface area contributed by atoms with Gasteiger partial charge in [0.1, 0.15) is 5.82 Å². The van der Waals surface area contributed by atoms with Gasteiger partial charge in [-0.3, -0.25) is 4.79 Å². The largest absolute Gasteiger partial charge is 0.380 e. The fourth-order valence-electron chi connectivity index (χ4n) is 3.64. The third kappa shape index (κ3) is 3.52. The van der Waals surface area contributed by atoms with Crippen molar-refractivity contribution in [1.82, 2.24) is 14.9 Å². The molecule has 3 heterocycles. The molecule has 0 saturated carbocycles. The Morgan fingerprint density at radius 1 is 1.21 bits per heavy atom. The van der Waals surface area contributed by atoms with Crippen molar-refractivity contribution in [3.8, 4) is 0 Å². The molecule has 2 N–H and O–H groups in total. The van der Waals surface area contributed by atoms with Crippen LogP contribution in [0.1, 0.15) is 24.2 Å². The highest BCUT2D eigenvalue weighted by molar-refractivity contribution is 6.06. The number of H-pyrrole nitrogens is 1. The number of fused-ring (bicyclic) bond motifs is 1. The first-order chi connectivity index (χ1) is 13.5. The Kier molecular flexibility index (Phi) is 4.90. The summed E-state index contributed by atoms with van der Waals surface area (Å²) in [5, 5.41) is 4.18. The molecule has 0 aliphatic carbocycles. The number of benzene rings is 1. The zero-order chi connectivity index (χ0) is 19.7. The van der Waals surface area contributed by atoms with E-state index in [1.807, 2.05) is 17.0 Å². The maximum Gasteiger partial charge on any atom is 0.256 e. The number of nitrogens with zero attached hydrogens (tertiary/aromatic N) is 3. The summed E-state index contributed by atoms with van der Waals surface area (Å²) in [5.41, 5.74) is 2.24. The van der Waals surface area contributed by atoms with E-state index in [4.69, 9.17) is 0 Å². The Morgan fingerprint density at radius 2 is 2.00 bits per heavy atom. The van der Waals surface area contributed by atoms with Crippen LogP contribution in [0.3, 0.4) is 0 Å². The zero-order valence-corrected chi connectivity index (χ0v) is 16.1. The number of pyridine rings is 1. The van der Waals surface area contributed by atoms with Crippen molar-refractivity contribution in [2.45, 2.75) is 19.9 Å². The van der Waals surface area contributed by atoms with Gasteiger partial charge in [-0.25, -0.2) is 9.37 Å². The number of hydrogen-bond donors (Lipinski definition) is 2. The average molecular weight is 381 g/mol. The Morgan fingerprint density at radius 3 is 2.75 bits per heavy atom. The van der Waals surface area contributed by atoms with E-state index >= 15 is 0 Å². The number of aromatic amines is 1. The van der Waals surface area contributed by atoms with Gasteiger partial charge in [-0.15, -0.1) is 0 Å². The van der Waals surface area contributed by atoms with Crippen molar-refractivity contribution in [2.24, 2.45) is 0 Å². The minimum absolute atomic E-state index is 0.0287. The maximum absolute atomic E-state index is 13.4. The zero-order valence-electron chi connectivity index (χ0n) is 16.1. The number of aromatic nitrogens is 2. The van der Waals surface area contributed by atoms with E-state index in [-0.39, 0.29) is 11.7 Å². The van der Waals surface area contributed by atoms with Crippen molar-refractivity contribution in [2.75, 3.05) is 36.4 Å². The number of carbonyl (C=O) groups excluding carboxylic acids is 1. The molecule has 28 heavy (non-hydrogen) atoms. The highest BCUT2D eigenvalue weighted by atomic mass is 19.1. The molecule has 2 aromatic heterocycles. The molecule has 1 aliphatic rings. The van der Waals surface area contributed by atoms with E-state index in [1.165, 1.54) is 12.1 Å². The molecule has 0 atom stereocenters. The summed E-state index contributed by atoms with van der Waals surface area (Å²) in [4.78, 5) is 24.6. The van der Waals surface area contributed by atoms with Crippen LogP contribution in [0.25, 0.3) is 10.9 Å². The Hall–Kier alpha value is -3.09. The first kappa shape index (κ1) is 18.3. The van der Waals surface area contributed by atoms with Crippen molar-refractivity contribution < 1.29 is 9.18 Å². The maximum atomic E-state index is 13.4. The Labute approximate surface area is 163 Å². The van der Waals surface area contributed by atoms with Crippen molar-refractivity contribution >= 4 is 28.3 Å². The second-order valence-electron chi connectivity index (χ2n) is 7.35. The summed E-state index contributed by atoms with van der Waals surface area (Å²) in [7, 11) is 0. The summed E-state index contributed by atoms with van der Waals surface area (Å²) in [6, 6.07) is 8.72. The molecule has 1 aromatic carbocycles. The second kappa shape index (κ2) is 7.50. The van der Waals surface area contributed by atoms with Gasteiger partial charge in [0.2, 0.25) is 0 Å². The first-order valence-corrected chi connectivity index (χ1v) is 9.55. The van der Waals surface area contributed by atoms with Gasteiger partial charge in [-0.2, -0.15) is 0 Å². The third-order valence-electron chi connectivity index (χ3n) is 4.97. The van der Waals surface area contributed by atoms with Gasteiger partial charge in [0.25, 0.3) is 5.91 Å². The van der Waals surface area contributed by atoms with Gasteiger partial charge < -0.3 is 20.1 Å². The molecular weight excluding hydrogens is 357 g/mol. The molecule has 7 heteroatoms. The van der Waals surface area contributed by atoms with E-state index in [1.54, 1.807) is 18.5 Å². The lowest BCUT2D eigenvalue weighted by molar-refractivity contribution is 0.0748. The molecule has 1 fully saturated rings. The quantitative estimate of drug-likeness (QED) is 0.726. The molecule has 1 amide bonds. The summed E-state index contributed by atoms with van der Waals surface area (Å²) in [6.07, 6.45) is 3.46. The molecule has 6 nitrogen and oxygen atoms in total. The molecule has 0 bridgehead atoms. The van der Waals surface area contributed by atoms with Crippen LogP contribution in [-0.4, -0.2) is 53.0 Å². The van der Waals surface area contributed by atoms with Crippen LogP contribution in [0.4, 0.5) is 15.9 Å². The molecule has 3 aromatic rings. The van der Waals surface area contributed by atoms with Crippen LogP contribution < -0.4 is 10.2 Å². The Balaban J connectivity index is 1.48. The lowest BCUT2D eigenvalue weighted by Gasteiger charge is -2.36. The summed E-state index contributed by atoms with van der Waals surface area (Å²) < 4.78 is 13.4. The number of carbonyl (C=O) groups is 1. The fraction of sp³-hybridized carbons (Fsp3) is 0.333. The number of nitrogens with one attached hydrogen (secondary N) is 2. The molecule has 1 aliphatic heterocycles. The lowest BCUT2D eigenvalue weighted by atomic mass is 10.1. The van der Waals surface area contributed by atoms with E-state index in [0.29, 0.717) is 43.3 Å². The van der Waals surface area contributed by atoms with Crippen molar-refractivity contribution in [3.05, 3.63) is 54.1 Å². The topological polar surface area (TPSA) is 64.3 Å². The monoisotopic (exact) mass is 381 g/mol. The normalized spacial score (nSPS) is 14.7. The SMILES string of the molecule is CC(C)Nc1cccnc1N1CCN(C(=O)c2c[nH]c3cc(F)ccc23)CC1. The summed E-state index contributed by atoms with van der Waals surface area (Å²) in [5.74, 6) is 0.577. The predicted octanol–water partition coefficient (Wildman–Crippen LogP) is 3.48. The Bertz CT molecular complexity index is 991. The van der Waals surface area contributed by atoms with E-state index in [2.05, 4.69) is 34.0 Å². The fourth-order valence-corrected chi connectivity index (χ4v) is 3.64. The number of hydrogen-bond acceptors (Lipinski definition) is 4. The number of halogens is 1. The standard InChI is InChI=1S/C21H24FN5O/c1-14(2)25-18-4-3-7-23-20(18)26-8-10-27(11-9-26)21(28)17-13-24-19-12-15(22)5-6-16(17)19/h3-7,12-14,24-25H,8-11H2,1-2H3. The summed E-state index contributed by atoms with van der Waals surface area (Å²) in [6.45, 7) is 6.86. The highest BCUT2D eigenvalue weighted by Crippen LogP contribution is 2.26. The van der Waals surface area contributed by atoms with Crippen molar-refractivity contribution in [1.29, 1.82) is 0 Å². The molecule has 0 unspecified atom stereocenters. The third-order valence-corrected chi connectivity index (χ3v) is 4.97. The first-order valence-electron chi connectivity index (χ1n) is 9.55. The molecule has 146 valence electrons. The van der Waals surface area contributed by atoms with Crippen LogP contribution in [0.15, 0.2) is 42.7 Å². The van der Waals surface area contributed by atoms with Gasteiger partial charge in [0.05, 0.1) is 11.3 Å². The van der Waals surface area contributed by atoms with Crippen molar-refractivity contribution in [3.63, 3.8) is 0 Å². The molecule has 4 rings (SSSR count). The minimum atomic E-state index is -0.317. The van der Waals surface area contributed by atoms with E-state index in [9.17, 15) is 9.18 Å². The van der Waals surface area contributed by atoms with E-state index in [0.717, 1.165) is 16.9 Å². The molecular formula is C21H24FN5O. The molecule has 0 spiro atoms. The number of piperazine rings is 1.